The summed E-state index contributed by atoms with van der Waals surface area (Å²) in [4.78, 5) is 0. The maximum absolute atomic E-state index is 10.9. The number of aliphatic hydroxyl groups is 2. The van der Waals surface area contributed by atoms with Crippen LogP contribution in [0.15, 0.2) is 0 Å². The van der Waals surface area contributed by atoms with Crippen molar-refractivity contribution < 1.29 is 14.9 Å². The van der Waals surface area contributed by atoms with E-state index >= 15 is 0 Å². The van der Waals surface area contributed by atoms with Crippen LogP contribution >= 0.6 is 0 Å². The van der Waals surface area contributed by atoms with Crippen molar-refractivity contribution in [2.24, 2.45) is 5.92 Å². The molecule has 1 spiro atoms. The molecule has 3 rings (SSSR count). The van der Waals surface area contributed by atoms with Crippen LogP contribution in [0.2, 0.25) is 0 Å². The molecular formula is C17H30O3. The van der Waals surface area contributed by atoms with E-state index in [9.17, 15) is 10.2 Å². The molecule has 3 fully saturated rings. The largest absolute Gasteiger partial charge is 0.390 e. The SMILES string of the molecule is OC(C1CCOC2(CCCC2)C1)C1(O)CCCCCC1. The molecule has 0 bridgehead atoms. The van der Waals surface area contributed by atoms with Crippen molar-refractivity contribution in [3.05, 3.63) is 0 Å². The van der Waals surface area contributed by atoms with E-state index in [1.54, 1.807) is 0 Å². The Labute approximate surface area is 122 Å². The summed E-state index contributed by atoms with van der Waals surface area (Å²) in [5.74, 6) is 0.227. The highest BCUT2D eigenvalue weighted by Gasteiger charge is 2.47. The van der Waals surface area contributed by atoms with Gasteiger partial charge >= 0.3 is 0 Å². The van der Waals surface area contributed by atoms with Crippen molar-refractivity contribution >= 4 is 0 Å². The van der Waals surface area contributed by atoms with Crippen LogP contribution in [0, 0.1) is 5.92 Å². The first-order valence-electron chi connectivity index (χ1n) is 8.68. The molecule has 2 atom stereocenters. The number of hydrogen-bond donors (Lipinski definition) is 2. The first-order chi connectivity index (χ1) is 9.64. The minimum absolute atomic E-state index is 0.0327. The summed E-state index contributed by atoms with van der Waals surface area (Å²) in [6.07, 6.45) is 12.2. The molecule has 1 saturated heterocycles. The molecule has 20 heavy (non-hydrogen) atoms. The molecule has 1 aliphatic heterocycles. The molecule has 1 heterocycles. The Hall–Kier alpha value is -0.120. The van der Waals surface area contributed by atoms with Crippen molar-refractivity contribution in [1.29, 1.82) is 0 Å². The Balaban J connectivity index is 1.67. The molecule has 0 amide bonds. The predicted molar refractivity (Wildman–Crippen MR) is 78.5 cm³/mol. The van der Waals surface area contributed by atoms with Crippen LogP contribution in [0.4, 0.5) is 0 Å². The van der Waals surface area contributed by atoms with Crippen molar-refractivity contribution in [2.45, 2.75) is 94.4 Å². The minimum Gasteiger partial charge on any atom is -0.390 e. The fraction of sp³-hybridized carbons (Fsp3) is 1.00. The highest BCUT2D eigenvalue weighted by molar-refractivity contribution is 4.98. The molecule has 0 aromatic carbocycles. The second kappa shape index (κ2) is 5.94. The van der Waals surface area contributed by atoms with E-state index in [1.165, 1.54) is 25.7 Å². The quantitative estimate of drug-likeness (QED) is 0.765. The van der Waals surface area contributed by atoms with Gasteiger partial charge in [0, 0.05) is 6.61 Å². The fourth-order valence-electron chi connectivity index (χ4n) is 4.78. The maximum Gasteiger partial charge on any atom is 0.0908 e. The lowest BCUT2D eigenvalue weighted by molar-refractivity contribution is -0.159. The van der Waals surface area contributed by atoms with Gasteiger partial charge in [0.1, 0.15) is 0 Å². The number of rotatable bonds is 2. The Morgan fingerprint density at radius 3 is 2.15 bits per heavy atom. The lowest BCUT2D eigenvalue weighted by Crippen LogP contribution is -2.50. The van der Waals surface area contributed by atoms with E-state index in [0.717, 1.165) is 58.0 Å². The monoisotopic (exact) mass is 282 g/mol. The molecule has 0 radical (unpaired) electrons. The normalized spacial score (nSPS) is 34.8. The van der Waals surface area contributed by atoms with Crippen LogP contribution in [-0.2, 0) is 4.74 Å². The Morgan fingerprint density at radius 2 is 1.50 bits per heavy atom. The standard InChI is InChI=1S/C17H30O3/c18-15(17(19)10-3-1-2-4-11-17)14-7-12-20-16(13-14)8-5-6-9-16/h14-15,18-19H,1-13H2. The third-order valence-electron chi connectivity index (χ3n) is 6.01. The van der Waals surface area contributed by atoms with Crippen molar-refractivity contribution in [3.8, 4) is 0 Å². The van der Waals surface area contributed by atoms with E-state index in [2.05, 4.69) is 0 Å². The van der Waals surface area contributed by atoms with Crippen LogP contribution in [-0.4, -0.2) is 34.1 Å². The molecule has 0 aromatic rings. The van der Waals surface area contributed by atoms with Crippen molar-refractivity contribution in [1.82, 2.24) is 0 Å². The van der Waals surface area contributed by atoms with Crippen LogP contribution in [0.5, 0.6) is 0 Å². The Morgan fingerprint density at radius 1 is 0.900 bits per heavy atom. The number of hydrogen-bond acceptors (Lipinski definition) is 3. The minimum atomic E-state index is -0.835. The molecule has 3 heteroatoms. The van der Waals surface area contributed by atoms with Gasteiger partial charge in [0.15, 0.2) is 0 Å². The van der Waals surface area contributed by atoms with Gasteiger partial charge in [0.2, 0.25) is 0 Å². The summed E-state index contributed by atoms with van der Waals surface area (Å²) < 4.78 is 6.06. The maximum atomic E-state index is 10.9. The van der Waals surface area contributed by atoms with Crippen LogP contribution < -0.4 is 0 Å². The fourth-order valence-corrected chi connectivity index (χ4v) is 4.78. The third kappa shape index (κ3) is 2.90. The van der Waals surface area contributed by atoms with Gasteiger partial charge in [-0.05, 0) is 44.4 Å². The van der Waals surface area contributed by atoms with Gasteiger partial charge < -0.3 is 14.9 Å². The van der Waals surface area contributed by atoms with Gasteiger partial charge in [-0.2, -0.15) is 0 Å². The van der Waals surface area contributed by atoms with Gasteiger partial charge in [0.05, 0.1) is 17.3 Å². The first-order valence-corrected chi connectivity index (χ1v) is 8.68. The molecule has 2 aliphatic carbocycles. The predicted octanol–water partition coefficient (Wildman–Crippen LogP) is 3.17. The summed E-state index contributed by atoms with van der Waals surface area (Å²) in [6, 6.07) is 0. The third-order valence-corrected chi connectivity index (χ3v) is 6.01. The summed E-state index contributed by atoms with van der Waals surface area (Å²) in [7, 11) is 0. The number of aliphatic hydroxyl groups excluding tert-OH is 1. The van der Waals surface area contributed by atoms with E-state index < -0.39 is 11.7 Å². The molecule has 2 saturated carbocycles. The Bertz CT molecular complexity index is 314. The number of ether oxygens (including phenoxy) is 1. The van der Waals surface area contributed by atoms with E-state index in [-0.39, 0.29) is 11.5 Å². The summed E-state index contributed by atoms with van der Waals surface area (Å²) in [5, 5.41) is 21.7. The van der Waals surface area contributed by atoms with E-state index in [1.807, 2.05) is 0 Å². The van der Waals surface area contributed by atoms with Crippen molar-refractivity contribution in [2.75, 3.05) is 6.61 Å². The lowest BCUT2D eigenvalue weighted by Gasteiger charge is -2.44. The molecule has 2 N–H and O–H groups in total. The molecule has 3 nitrogen and oxygen atoms in total. The van der Waals surface area contributed by atoms with Gasteiger partial charge in [0.25, 0.3) is 0 Å². The molecule has 3 aliphatic rings. The summed E-state index contributed by atoms with van der Waals surface area (Å²) >= 11 is 0. The zero-order valence-corrected chi connectivity index (χ0v) is 12.6. The second-order valence-corrected chi connectivity index (χ2v) is 7.45. The topological polar surface area (TPSA) is 49.7 Å². The molecule has 2 unspecified atom stereocenters. The Kier molecular flexibility index (Phi) is 4.40. The van der Waals surface area contributed by atoms with Crippen LogP contribution in [0.1, 0.15) is 77.0 Å². The van der Waals surface area contributed by atoms with Crippen molar-refractivity contribution in [3.63, 3.8) is 0 Å². The zero-order valence-electron chi connectivity index (χ0n) is 12.6. The second-order valence-electron chi connectivity index (χ2n) is 7.45. The van der Waals surface area contributed by atoms with Crippen LogP contribution in [0.25, 0.3) is 0 Å². The van der Waals surface area contributed by atoms with E-state index in [0.29, 0.717) is 0 Å². The first kappa shape index (κ1) is 14.8. The van der Waals surface area contributed by atoms with Gasteiger partial charge in [-0.3, -0.25) is 0 Å². The summed E-state index contributed by atoms with van der Waals surface area (Å²) in [6.45, 7) is 0.762. The van der Waals surface area contributed by atoms with Crippen LogP contribution in [0.3, 0.4) is 0 Å². The summed E-state index contributed by atoms with van der Waals surface area (Å²) in [5.41, 5.74) is -0.802. The smallest absolute Gasteiger partial charge is 0.0908 e. The highest BCUT2D eigenvalue weighted by Crippen LogP contribution is 2.45. The molecular weight excluding hydrogens is 252 g/mol. The zero-order chi connectivity index (χ0) is 14.1. The highest BCUT2D eigenvalue weighted by atomic mass is 16.5. The van der Waals surface area contributed by atoms with Gasteiger partial charge in [-0.25, -0.2) is 0 Å². The van der Waals surface area contributed by atoms with E-state index in [4.69, 9.17) is 4.74 Å². The van der Waals surface area contributed by atoms with Gasteiger partial charge in [-0.1, -0.05) is 38.5 Å². The average Bonchev–Trinajstić information content (AvgIpc) is 2.77. The van der Waals surface area contributed by atoms with Gasteiger partial charge in [-0.15, -0.1) is 0 Å². The average molecular weight is 282 g/mol. The molecule has 0 aromatic heterocycles. The molecule has 116 valence electrons. The lowest BCUT2D eigenvalue weighted by atomic mass is 9.74.